The van der Waals surface area contributed by atoms with E-state index in [1.54, 1.807) is 0 Å². The van der Waals surface area contributed by atoms with Crippen molar-refractivity contribution >= 4 is 0 Å². The van der Waals surface area contributed by atoms with Crippen LogP contribution in [0.2, 0.25) is 0 Å². The Kier molecular flexibility index (Phi) is 6.52. The van der Waals surface area contributed by atoms with Gasteiger partial charge in [-0.15, -0.1) is 0 Å². The van der Waals surface area contributed by atoms with Crippen LogP contribution < -0.4 is 4.74 Å². The zero-order valence-electron chi connectivity index (χ0n) is 13.5. The second-order valence-electron chi connectivity index (χ2n) is 6.25. The van der Waals surface area contributed by atoms with Gasteiger partial charge in [0.15, 0.2) is 0 Å². The van der Waals surface area contributed by atoms with Gasteiger partial charge >= 0.3 is 0 Å². The summed E-state index contributed by atoms with van der Waals surface area (Å²) in [4.78, 5) is 2.39. The number of hydrogen-bond donors (Lipinski definition) is 1. The normalized spacial score (nSPS) is 18.8. The Hall–Kier alpha value is -1.06. The number of aliphatic hydroxyl groups is 1. The Morgan fingerprint density at radius 3 is 2.24 bits per heavy atom. The largest absolute Gasteiger partial charge is 0.490 e. The van der Waals surface area contributed by atoms with Crippen molar-refractivity contribution in [3.05, 3.63) is 29.3 Å². The van der Waals surface area contributed by atoms with Gasteiger partial charge < -0.3 is 14.7 Å². The van der Waals surface area contributed by atoms with E-state index >= 15 is 0 Å². The number of aryl methyl sites for hydroxylation is 2. The molecule has 1 aliphatic heterocycles. The van der Waals surface area contributed by atoms with Crippen LogP contribution in [-0.2, 0) is 0 Å². The number of hydrogen-bond acceptors (Lipinski definition) is 3. The summed E-state index contributed by atoms with van der Waals surface area (Å²) in [5, 5.41) is 10.2. The Morgan fingerprint density at radius 2 is 1.62 bits per heavy atom. The summed E-state index contributed by atoms with van der Waals surface area (Å²) >= 11 is 0. The van der Waals surface area contributed by atoms with Gasteiger partial charge in [-0.05, 0) is 50.9 Å². The topological polar surface area (TPSA) is 32.7 Å². The third kappa shape index (κ3) is 5.33. The molecule has 118 valence electrons. The van der Waals surface area contributed by atoms with Crippen molar-refractivity contribution in [2.75, 3.05) is 26.2 Å². The molecule has 1 saturated heterocycles. The van der Waals surface area contributed by atoms with E-state index in [2.05, 4.69) is 4.90 Å². The number of rotatable bonds is 5. The maximum absolute atomic E-state index is 10.2. The molecule has 0 spiro atoms. The van der Waals surface area contributed by atoms with Gasteiger partial charge in [-0.3, -0.25) is 0 Å². The van der Waals surface area contributed by atoms with Crippen molar-refractivity contribution in [2.24, 2.45) is 0 Å². The van der Waals surface area contributed by atoms with Gasteiger partial charge in [0.1, 0.15) is 18.5 Å². The second kappa shape index (κ2) is 8.40. The van der Waals surface area contributed by atoms with Crippen LogP contribution in [0.15, 0.2) is 18.2 Å². The van der Waals surface area contributed by atoms with Gasteiger partial charge in [0.25, 0.3) is 0 Å². The monoisotopic (exact) mass is 291 g/mol. The molecule has 0 aliphatic carbocycles. The summed E-state index contributed by atoms with van der Waals surface area (Å²) < 4.78 is 5.85. The van der Waals surface area contributed by atoms with Crippen LogP contribution in [0.25, 0.3) is 0 Å². The quantitative estimate of drug-likeness (QED) is 0.903. The fourth-order valence-electron chi connectivity index (χ4n) is 3.05. The molecule has 1 unspecified atom stereocenters. The van der Waals surface area contributed by atoms with Crippen LogP contribution in [0.5, 0.6) is 5.75 Å². The first-order valence-electron chi connectivity index (χ1n) is 8.26. The summed E-state index contributed by atoms with van der Waals surface area (Å²) in [5.74, 6) is 0.921. The maximum atomic E-state index is 10.2. The maximum Gasteiger partial charge on any atom is 0.125 e. The molecule has 0 aromatic heterocycles. The van der Waals surface area contributed by atoms with Crippen LogP contribution in [0.4, 0.5) is 0 Å². The van der Waals surface area contributed by atoms with Crippen LogP contribution >= 0.6 is 0 Å². The van der Waals surface area contributed by atoms with Crippen molar-refractivity contribution in [2.45, 2.75) is 52.1 Å². The van der Waals surface area contributed by atoms with E-state index in [0.29, 0.717) is 6.61 Å². The van der Waals surface area contributed by atoms with E-state index in [9.17, 15) is 5.11 Å². The molecule has 0 bridgehead atoms. The Bertz CT molecular complexity index is 405. The lowest BCUT2D eigenvalue weighted by Gasteiger charge is -2.27. The highest BCUT2D eigenvalue weighted by Crippen LogP contribution is 2.22. The molecule has 1 aromatic rings. The third-order valence-electron chi connectivity index (χ3n) is 4.25. The highest BCUT2D eigenvalue weighted by molar-refractivity contribution is 5.39. The molecule has 0 saturated carbocycles. The highest BCUT2D eigenvalue weighted by Gasteiger charge is 2.14. The number of ether oxygens (including phenoxy) is 1. The zero-order valence-corrected chi connectivity index (χ0v) is 13.5. The molecule has 1 heterocycles. The highest BCUT2D eigenvalue weighted by atomic mass is 16.5. The number of para-hydroxylation sites is 1. The van der Waals surface area contributed by atoms with Gasteiger partial charge in [-0.25, -0.2) is 0 Å². The van der Waals surface area contributed by atoms with E-state index in [-0.39, 0.29) is 0 Å². The summed E-state index contributed by atoms with van der Waals surface area (Å²) in [7, 11) is 0. The standard InChI is InChI=1S/C18H29NO2/c1-15-9-8-10-16(2)18(15)21-14-17(20)13-19-11-6-4-3-5-7-12-19/h8-10,17,20H,3-7,11-14H2,1-2H3. The first-order chi connectivity index (χ1) is 10.2. The van der Waals surface area contributed by atoms with Gasteiger partial charge in [0.2, 0.25) is 0 Å². The third-order valence-corrected chi connectivity index (χ3v) is 4.25. The molecular formula is C18H29NO2. The van der Waals surface area contributed by atoms with E-state index < -0.39 is 6.10 Å². The van der Waals surface area contributed by atoms with Crippen molar-refractivity contribution < 1.29 is 9.84 Å². The SMILES string of the molecule is Cc1cccc(C)c1OCC(O)CN1CCCCCCC1. The summed E-state index contributed by atoms with van der Waals surface area (Å²) in [6.45, 7) is 7.42. The Morgan fingerprint density at radius 1 is 1.05 bits per heavy atom. The lowest BCUT2D eigenvalue weighted by Crippen LogP contribution is -2.37. The molecule has 1 aromatic carbocycles. The van der Waals surface area contributed by atoms with Crippen molar-refractivity contribution in [1.29, 1.82) is 0 Å². The minimum absolute atomic E-state index is 0.377. The van der Waals surface area contributed by atoms with E-state index in [1.165, 1.54) is 32.1 Å². The fraction of sp³-hybridized carbons (Fsp3) is 0.667. The number of aliphatic hydroxyl groups excluding tert-OH is 1. The number of β-amino-alcohol motifs (C(OH)–C–C–N with tert-alkyl or cyclic N) is 1. The molecule has 21 heavy (non-hydrogen) atoms. The average molecular weight is 291 g/mol. The predicted octanol–water partition coefficient (Wildman–Crippen LogP) is 3.31. The average Bonchev–Trinajstić information content (AvgIpc) is 2.41. The first kappa shape index (κ1) is 16.3. The van der Waals surface area contributed by atoms with Crippen LogP contribution in [-0.4, -0.2) is 42.4 Å². The Labute approximate surface area is 128 Å². The summed E-state index contributed by atoms with van der Waals surface area (Å²) in [6.07, 6.45) is 6.11. The minimum atomic E-state index is -0.413. The molecule has 1 aliphatic rings. The minimum Gasteiger partial charge on any atom is -0.490 e. The smallest absolute Gasteiger partial charge is 0.125 e. The van der Waals surface area contributed by atoms with E-state index in [1.807, 2.05) is 32.0 Å². The summed E-state index contributed by atoms with van der Waals surface area (Å²) in [6, 6.07) is 6.13. The lowest BCUT2D eigenvalue weighted by molar-refractivity contribution is 0.0650. The molecule has 1 N–H and O–H groups in total. The molecule has 1 atom stereocenters. The fourth-order valence-corrected chi connectivity index (χ4v) is 3.05. The number of likely N-dealkylation sites (tertiary alicyclic amines) is 1. The van der Waals surface area contributed by atoms with Gasteiger partial charge in [-0.1, -0.05) is 37.5 Å². The summed E-state index contributed by atoms with van der Waals surface area (Å²) in [5.41, 5.74) is 2.27. The van der Waals surface area contributed by atoms with Crippen LogP contribution in [0.3, 0.4) is 0 Å². The van der Waals surface area contributed by atoms with E-state index in [0.717, 1.165) is 36.5 Å². The molecule has 0 radical (unpaired) electrons. The molecule has 0 amide bonds. The molecule has 2 rings (SSSR count). The van der Waals surface area contributed by atoms with Gasteiger partial charge in [0, 0.05) is 6.54 Å². The van der Waals surface area contributed by atoms with Crippen molar-refractivity contribution in [3.8, 4) is 5.75 Å². The zero-order chi connectivity index (χ0) is 15.1. The van der Waals surface area contributed by atoms with E-state index in [4.69, 9.17) is 4.74 Å². The lowest BCUT2D eigenvalue weighted by atomic mass is 10.1. The van der Waals surface area contributed by atoms with Crippen LogP contribution in [0.1, 0.15) is 43.2 Å². The molecule has 3 nitrogen and oxygen atoms in total. The number of nitrogens with zero attached hydrogens (tertiary/aromatic N) is 1. The number of benzene rings is 1. The second-order valence-corrected chi connectivity index (χ2v) is 6.25. The van der Waals surface area contributed by atoms with Crippen molar-refractivity contribution in [1.82, 2.24) is 4.90 Å². The molecule has 3 heteroatoms. The van der Waals surface area contributed by atoms with Crippen molar-refractivity contribution in [3.63, 3.8) is 0 Å². The predicted molar refractivity (Wildman–Crippen MR) is 86.9 cm³/mol. The molecular weight excluding hydrogens is 262 g/mol. The van der Waals surface area contributed by atoms with Crippen LogP contribution in [0, 0.1) is 13.8 Å². The first-order valence-corrected chi connectivity index (χ1v) is 8.26. The van der Waals surface area contributed by atoms with Gasteiger partial charge in [-0.2, -0.15) is 0 Å². The van der Waals surface area contributed by atoms with Gasteiger partial charge in [0.05, 0.1) is 0 Å². The Balaban J connectivity index is 1.79. The molecule has 1 fully saturated rings.